The number of rotatable bonds is 2. The molecule has 0 saturated heterocycles. The molecule has 0 aliphatic rings. The summed E-state index contributed by atoms with van der Waals surface area (Å²) in [5, 5.41) is 11.7. The first kappa shape index (κ1) is 13.6. The summed E-state index contributed by atoms with van der Waals surface area (Å²) in [4.78, 5) is 11.8. The summed E-state index contributed by atoms with van der Waals surface area (Å²) in [7, 11) is 0. The highest BCUT2D eigenvalue weighted by Gasteiger charge is 2.22. The maximum Gasteiger partial charge on any atom is 0.231 e. The largest absolute Gasteiger partial charge is 0.300 e. The van der Waals surface area contributed by atoms with Crippen molar-refractivity contribution >= 4 is 22.4 Å². The predicted molar refractivity (Wildman–Crippen MR) is 73.4 cm³/mol. The van der Waals surface area contributed by atoms with E-state index in [1.807, 2.05) is 20.8 Å². The summed E-state index contributed by atoms with van der Waals surface area (Å²) in [5.74, 6) is -0.413. The quantitative estimate of drug-likeness (QED) is 0.917. The molecule has 0 saturated carbocycles. The van der Waals surface area contributed by atoms with Gasteiger partial charge in [0, 0.05) is 11.0 Å². The maximum absolute atomic E-state index is 12.8. The van der Waals surface area contributed by atoms with Crippen molar-refractivity contribution in [2.45, 2.75) is 20.8 Å². The summed E-state index contributed by atoms with van der Waals surface area (Å²) in [6.45, 7) is 5.47. The fourth-order valence-corrected chi connectivity index (χ4v) is 2.01. The van der Waals surface area contributed by atoms with Crippen LogP contribution in [0.5, 0.6) is 0 Å². The van der Waals surface area contributed by atoms with Crippen LogP contribution >= 0.6 is 11.3 Å². The number of benzene rings is 1. The van der Waals surface area contributed by atoms with E-state index in [0.717, 1.165) is 5.56 Å². The number of nitrogens with zero attached hydrogens (tertiary/aromatic N) is 2. The third-order valence-corrected chi connectivity index (χ3v) is 3.31. The second-order valence-corrected chi connectivity index (χ2v) is 6.10. The van der Waals surface area contributed by atoms with E-state index in [2.05, 4.69) is 15.5 Å². The first-order valence-electron chi connectivity index (χ1n) is 5.77. The Morgan fingerprint density at radius 3 is 2.42 bits per heavy atom. The zero-order valence-corrected chi connectivity index (χ0v) is 11.7. The number of nitrogens with one attached hydrogen (secondary N) is 1. The van der Waals surface area contributed by atoms with E-state index in [1.165, 1.54) is 23.5 Å². The van der Waals surface area contributed by atoms with E-state index < -0.39 is 5.41 Å². The maximum atomic E-state index is 12.8. The fourth-order valence-electron chi connectivity index (χ4n) is 1.27. The molecule has 0 radical (unpaired) electrons. The molecule has 1 aromatic heterocycles. The minimum absolute atomic E-state index is 0.116. The molecule has 1 aromatic carbocycles. The summed E-state index contributed by atoms with van der Waals surface area (Å²) in [6, 6.07) is 5.99. The Morgan fingerprint density at radius 1 is 1.21 bits per heavy atom. The molecular formula is C13H14FN3OS. The molecule has 0 aliphatic heterocycles. The minimum Gasteiger partial charge on any atom is -0.300 e. The van der Waals surface area contributed by atoms with Crippen molar-refractivity contribution in [1.29, 1.82) is 0 Å². The first-order valence-corrected chi connectivity index (χ1v) is 6.59. The molecule has 2 aromatic rings. The lowest BCUT2D eigenvalue weighted by Gasteiger charge is -2.15. The number of carbonyl (C=O) groups excluding carboxylic acids is 1. The lowest BCUT2D eigenvalue weighted by molar-refractivity contribution is -0.123. The molecule has 0 aliphatic carbocycles. The van der Waals surface area contributed by atoms with E-state index in [4.69, 9.17) is 0 Å². The molecule has 19 heavy (non-hydrogen) atoms. The van der Waals surface area contributed by atoms with Crippen molar-refractivity contribution in [2.24, 2.45) is 5.41 Å². The fraction of sp³-hybridized carbons (Fsp3) is 0.308. The van der Waals surface area contributed by atoms with Gasteiger partial charge in [-0.25, -0.2) is 4.39 Å². The van der Waals surface area contributed by atoms with Gasteiger partial charge in [-0.05, 0) is 24.3 Å². The average Bonchev–Trinajstić information content (AvgIpc) is 2.77. The van der Waals surface area contributed by atoms with Crippen molar-refractivity contribution in [2.75, 3.05) is 5.32 Å². The molecule has 6 heteroatoms. The van der Waals surface area contributed by atoms with Crippen molar-refractivity contribution in [3.63, 3.8) is 0 Å². The predicted octanol–water partition coefficient (Wildman–Crippen LogP) is 3.33. The van der Waals surface area contributed by atoms with Gasteiger partial charge >= 0.3 is 0 Å². The van der Waals surface area contributed by atoms with Crippen molar-refractivity contribution < 1.29 is 9.18 Å². The number of amides is 1. The number of halogens is 1. The van der Waals surface area contributed by atoms with Crippen LogP contribution in [0.15, 0.2) is 24.3 Å². The smallest absolute Gasteiger partial charge is 0.231 e. The van der Waals surface area contributed by atoms with Gasteiger partial charge in [-0.3, -0.25) is 4.79 Å². The number of aromatic nitrogens is 2. The highest BCUT2D eigenvalue weighted by Crippen LogP contribution is 2.27. The normalized spacial score (nSPS) is 11.4. The summed E-state index contributed by atoms with van der Waals surface area (Å²) in [6.07, 6.45) is 0. The van der Waals surface area contributed by atoms with Crippen molar-refractivity contribution in [3.8, 4) is 10.6 Å². The third-order valence-electron chi connectivity index (χ3n) is 2.42. The van der Waals surface area contributed by atoms with Crippen LogP contribution in [0.1, 0.15) is 20.8 Å². The minimum atomic E-state index is -0.484. The molecule has 1 N–H and O–H groups in total. The lowest BCUT2D eigenvalue weighted by atomic mass is 9.96. The van der Waals surface area contributed by atoms with E-state index in [1.54, 1.807) is 12.1 Å². The SMILES string of the molecule is CC(C)(C)C(=O)Nc1nnc(-c2ccc(F)cc2)s1. The highest BCUT2D eigenvalue weighted by molar-refractivity contribution is 7.18. The van der Waals surface area contributed by atoms with Gasteiger partial charge in [-0.2, -0.15) is 0 Å². The highest BCUT2D eigenvalue weighted by atomic mass is 32.1. The Morgan fingerprint density at radius 2 is 1.84 bits per heavy atom. The van der Waals surface area contributed by atoms with Crippen LogP contribution in [0, 0.1) is 11.2 Å². The van der Waals surface area contributed by atoms with E-state index in [9.17, 15) is 9.18 Å². The van der Waals surface area contributed by atoms with Crippen LogP contribution in [0.2, 0.25) is 0 Å². The molecule has 0 atom stereocenters. The van der Waals surface area contributed by atoms with Gasteiger partial charge in [0.2, 0.25) is 11.0 Å². The molecule has 4 nitrogen and oxygen atoms in total. The molecule has 0 spiro atoms. The van der Waals surface area contributed by atoms with Gasteiger partial charge in [0.1, 0.15) is 10.8 Å². The molecule has 1 heterocycles. The Bertz CT molecular complexity index is 587. The zero-order chi connectivity index (χ0) is 14.0. The third kappa shape index (κ3) is 3.35. The lowest BCUT2D eigenvalue weighted by Crippen LogP contribution is -2.27. The van der Waals surface area contributed by atoms with Gasteiger partial charge in [-0.1, -0.05) is 32.1 Å². The van der Waals surface area contributed by atoms with Gasteiger partial charge in [-0.15, -0.1) is 10.2 Å². The molecule has 0 unspecified atom stereocenters. The molecule has 100 valence electrons. The van der Waals surface area contributed by atoms with Crippen LogP contribution in [0.3, 0.4) is 0 Å². The van der Waals surface area contributed by atoms with Crippen molar-refractivity contribution in [3.05, 3.63) is 30.1 Å². The van der Waals surface area contributed by atoms with E-state index in [0.29, 0.717) is 10.1 Å². The van der Waals surface area contributed by atoms with Crippen LogP contribution in [-0.2, 0) is 4.79 Å². The molecule has 0 bridgehead atoms. The summed E-state index contributed by atoms with van der Waals surface area (Å²) >= 11 is 1.26. The number of hydrogen-bond acceptors (Lipinski definition) is 4. The molecule has 0 fully saturated rings. The molecule has 1 amide bonds. The second-order valence-electron chi connectivity index (χ2n) is 5.12. The number of carbonyl (C=O) groups is 1. The van der Waals surface area contributed by atoms with Crippen LogP contribution in [0.4, 0.5) is 9.52 Å². The topological polar surface area (TPSA) is 54.9 Å². The Labute approximate surface area is 114 Å². The average molecular weight is 279 g/mol. The Kier molecular flexibility index (Phi) is 3.61. The standard InChI is InChI=1S/C13H14FN3OS/c1-13(2,3)11(18)15-12-17-16-10(19-12)8-4-6-9(14)7-5-8/h4-7H,1-3H3,(H,15,17,18). The van der Waals surface area contributed by atoms with E-state index >= 15 is 0 Å². The summed E-state index contributed by atoms with van der Waals surface area (Å²) in [5.41, 5.74) is 0.289. The van der Waals surface area contributed by atoms with Crippen LogP contribution in [-0.4, -0.2) is 16.1 Å². The van der Waals surface area contributed by atoms with Crippen LogP contribution < -0.4 is 5.32 Å². The van der Waals surface area contributed by atoms with Gasteiger partial charge in [0.15, 0.2) is 0 Å². The van der Waals surface area contributed by atoms with Gasteiger partial charge < -0.3 is 5.32 Å². The number of hydrogen-bond donors (Lipinski definition) is 1. The first-order chi connectivity index (χ1) is 8.86. The molecular weight excluding hydrogens is 265 g/mol. The Hall–Kier alpha value is -1.82. The summed E-state index contributed by atoms with van der Waals surface area (Å²) < 4.78 is 12.8. The van der Waals surface area contributed by atoms with Gasteiger partial charge in [0.25, 0.3) is 0 Å². The van der Waals surface area contributed by atoms with Gasteiger partial charge in [0.05, 0.1) is 0 Å². The van der Waals surface area contributed by atoms with E-state index in [-0.39, 0.29) is 11.7 Å². The van der Waals surface area contributed by atoms with Crippen LogP contribution in [0.25, 0.3) is 10.6 Å². The number of anilines is 1. The monoisotopic (exact) mass is 279 g/mol. The second kappa shape index (κ2) is 5.05. The van der Waals surface area contributed by atoms with Crippen molar-refractivity contribution in [1.82, 2.24) is 10.2 Å². The molecule has 2 rings (SSSR count). The zero-order valence-electron chi connectivity index (χ0n) is 10.9. The Balaban J connectivity index is 2.16.